The maximum absolute atomic E-state index is 13.2. The number of thiophene rings is 1. The summed E-state index contributed by atoms with van der Waals surface area (Å²) in [5, 5.41) is 10.5. The van der Waals surface area contributed by atoms with Crippen molar-refractivity contribution in [2.75, 3.05) is 47.1 Å². The molecule has 0 unspecified atom stereocenters. The number of nitrogens with zero attached hydrogens (tertiary/aromatic N) is 3. The average molecular weight is 416 g/mol. The molecule has 154 valence electrons. The van der Waals surface area contributed by atoms with Crippen LogP contribution < -0.4 is 9.47 Å². The van der Waals surface area contributed by atoms with Crippen molar-refractivity contribution >= 4 is 23.0 Å². The third-order valence-electron chi connectivity index (χ3n) is 5.28. The second-order valence-electron chi connectivity index (χ2n) is 7.01. The molecule has 7 nitrogen and oxygen atoms in total. The zero-order chi connectivity index (χ0) is 20.2. The van der Waals surface area contributed by atoms with E-state index in [0.29, 0.717) is 37.7 Å². The first-order valence-corrected chi connectivity index (χ1v) is 10.6. The maximum atomic E-state index is 13.2. The quantitative estimate of drug-likeness (QED) is 0.726. The standard InChI is InChI=1S/C21H25N3O4S/c1-26-16-3-4-17(20(11-16)27-2)19-12-18(15-5-10-29-14-15)22-24(19)21(25)13-23-6-8-28-9-7-23/h3-5,10-11,14,19H,6-9,12-13H2,1-2H3/t19-/m0/s1. The van der Waals surface area contributed by atoms with Crippen molar-refractivity contribution in [2.24, 2.45) is 5.10 Å². The average Bonchev–Trinajstić information content (AvgIpc) is 3.44. The van der Waals surface area contributed by atoms with Gasteiger partial charge in [0.2, 0.25) is 0 Å². The zero-order valence-electron chi connectivity index (χ0n) is 16.7. The predicted octanol–water partition coefficient (Wildman–Crippen LogP) is 2.78. The molecule has 2 aromatic rings. The first kappa shape index (κ1) is 19.9. The summed E-state index contributed by atoms with van der Waals surface area (Å²) in [6.45, 7) is 3.17. The SMILES string of the molecule is COc1ccc([C@@H]2CC(c3ccsc3)=NN2C(=O)CN2CCOCC2)c(OC)c1. The van der Waals surface area contributed by atoms with E-state index in [2.05, 4.69) is 10.3 Å². The van der Waals surface area contributed by atoms with Crippen LogP contribution in [0.3, 0.4) is 0 Å². The third-order valence-corrected chi connectivity index (χ3v) is 5.97. The second kappa shape index (κ2) is 8.94. The van der Waals surface area contributed by atoms with Gasteiger partial charge in [0.1, 0.15) is 11.5 Å². The molecular weight excluding hydrogens is 390 g/mol. The molecule has 2 aliphatic rings. The van der Waals surface area contributed by atoms with Gasteiger partial charge in [-0.1, -0.05) is 0 Å². The van der Waals surface area contributed by atoms with Crippen LogP contribution in [0.4, 0.5) is 0 Å². The lowest BCUT2D eigenvalue weighted by Gasteiger charge is -2.29. The smallest absolute Gasteiger partial charge is 0.257 e. The van der Waals surface area contributed by atoms with Crippen molar-refractivity contribution in [1.29, 1.82) is 0 Å². The van der Waals surface area contributed by atoms with Gasteiger partial charge >= 0.3 is 0 Å². The van der Waals surface area contributed by atoms with Gasteiger partial charge < -0.3 is 14.2 Å². The van der Waals surface area contributed by atoms with Crippen LogP contribution in [0.5, 0.6) is 11.5 Å². The number of ether oxygens (including phenoxy) is 3. The first-order valence-electron chi connectivity index (χ1n) is 9.63. The van der Waals surface area contributed by atoms with Crippen molar-refractivity contribution in [2.45, 2.75) is 12.5 Å². The molecule has 0 bridgehead atoms. The predicted molar refractivity (Wildman–Crippen MR) is 112 cm³/mol. The molecule has 0 radical (unpaired) electrons. The summed E-state index contributed by atoms with van der Waals surface area (Å²) in [7, 11) is 3.26. The minimum absolute atomic E-state index is 0.0139. The highest BCUT2D eigenvalue weighted by atomic mass is 32.1. The van der Waals surface area contributed by atoms with Crippen molar-refractivity contribution in [3.63, 3.8) is 0 Å². The molecule has 8 heteroatoms. The lowest BCUT2D eigenvalue weighted by Crippen LogP contribution is -2.43. The molecule has 0 spiro atoms. The van der Waals surface area contributed by atoms with Gasteiger partial charge in [-0.3, -0.25) is 9.69 Å². The fourth-order valence-electron chi connectivity index (χ4n) is 3.70. The molecule has 1 atom stereocenters. The van der Waals surface area contributed by atoms with Gasteiger partial charge in [0.15, 0.2) is 0 Å². The third kappa shape index (κ3) is 4.29. The lowest BCUT2D eigenvalue weighted by atomic mass is 9.98. The summed E-state index contributed by atoms with van der Waals surface area (Å²) in [6, 6.07) is 7.54. The lowest BCUT2D eigenvalue weighted by molar-refractivity contribution is -0.135. The highest BCUT2D eigenvalue weighted by Crippen LogP contribution is 2.39. The van der Waals surface area contributed by atoms with Gasteiger partial charge in [-0.2, -0.15) is 16.4 Å². The number of carbonyl (C=O) groups excluding carboxylic acids is 1. The van der Waals surface area contributed by atoms with E-state index in [9.17, 15) is 4.79 Å². The van der Waals surface area contributed by atoms with Crippen LogP contribution in [0.25, 0.3) is 0 Å². The van der Waals surface area contributed by atoms with E-state index in [1.54, 1.807) is 30.6 Å². The molecule has 1 aromatic heterocycles. The molecule has 0 N–H and O–H groups in total. The van der Waals surface area contributed by atoms with Gasteiger partial charge in [-0.25, -0.2) is 5.01 Å². The van der Waals surface area contributed by atoms with Crippen LogP contribution in [-0.4, -0.2) is 68.6 Å². The topological polar surface area (TPSA) is 63.6 Å². The normalized spacial score (nSPS) is 19.9. The van der Waals surface area contributed by atoms with E-state index in [4.69, 9.17) is 19.3 Å². The van der Waals surface area contributed by atoms with Crippen LogP contribution in [0.15, 0.2) is 40.1 Å². The van der Waals surface area contributed by atoms with Gasteiger partial charge in [0.05, 0.1) is 45.7 Å². The summed E-state index contributed by atoms with van der Waals surface area (Å²) < 4.78 is 16.3. The Bertz CT molecular complexity index is 878. The monoisotopic (exact) mass is 415 g/mol. The van der Waals surface area contributed by atoms with E-state index < -0.39 is 0 Å². The molecule has 1 aromatic carbocycles. The molecule has 3 heterocycles. The van der Waals surface area contributed by atoms with Gasteiger partial charge in [0, 0.05) is 36.7 Å². The molecule has 1 amide bonds. The molecule has 1 fully saturated rings. The van der Waals surface area contributed by atoms with Crippen molar-refractivity contribution in [3.05, 3.63) is 46.2 Å². The van der Waals surface area contributed by atoms with Gasteiger partial charge in [-0.15, -0.1) is 0 Å². The van der Waals surface area contributed by atoms with E-state index in [0.717, 1.165) is 29.9 Å². The summed E-state index contributed by atoms with van der Waals surface area (Å²) in [5.74, 6) is 1.40. The first-order chi connectivity index (χ1) is 14.2. The van der Waals surface area contributed by atoms with Crippen LogP contribution >= 0.6 is 11.3 Å². The Morgan fingerprint density at radius 2 is 2.07 bits per heavy atom. The zero-order valence-corrected chi connectivity index (χ0v) is 17.5. The molecule has 2 aliphatic heterocycles. The van der Waals surface area contributed by atoms with E-state index >= 15 is 0 Å². The van der Waals surface area contributed by atoms with Crippen LogP contribution in [-0.2, 0) is 9.53 Å². The number of hydrazone groups is 1. The summed E-state index contributed by atoms with van der Waals surface area (Å²) >= 11 is 1.63. The number of rotatable bonds is 6. The number of methoxy groups -OCH3 is 2. The Kier molecular flexibility index (Phi) is 6.13. The fraction of sp³-hybridized carbons (Fsp3) is 0.429. The molecule has 29 heavy (non-hydrogen) atoms. The van der Waals surface area contributed by atoms with E-state index in [-0.39, 0.29) is 11.9 Å². The van der Waals surface area contributed by atoms with E-state index in [1.165, 1.54) is 0 Å². The highest BCUT2D eigenvalue weighted by molar-refractivity contribution is 7.08. The Hall–Kier alpha value is -2.42. The Morgan fingerprint density at radius 1 is 1.24 bits per heavy atom. The fourth-order valence-corrected chi connectivity index (χ4v) is 4.37. The van der Waals surface area contributed by atoms with Crippen molar-refractivity contribution in [1.82, 2.24) is 9.91 Å². The highest BCUT2D eigenvalue weighted by Gasteiger charge is 2.35. The van der Waals surface area contributed by atoms with Crippen LogP contribution in [0, 0.1) is 0 Å². The van der Waals surface area contributed by atoms with Crippen LogP contribution in [0.2, 0.25) is 0 Å². The maximum Gasteiger partial charge on any atom is 0.257 e. The van der Waals surface area contributed by atoms with Crippen LogP contribution in [0.1, 0.15) is 23.6 Å². The Balaban J connectivity index is 1.63. The van der Waals surface area contributed by atoms with Crippen molar-refractivity contribution in [3.8, 4) is 11.5 Å². The molecule has 4 rings (SSSR count). The number of hydrogen-bond donors (Lipinski definition) is 0. The largest absolute Gasteiger partial charge is 0.497 e. The van der Waals surface area contributed by atoms with Gasteiger partial charge in [0.25, 0.3) is 5.91 Å². The summed E-state index contributed by atoms with van der Waals surface area (Å²) in [4.78, 5) is 15.3. The molecular formula is C21H25N3O4S. The number of benzene rings is 1. The Labute approximate surface area is 174 Å². The number of hydrogen-bond acceptors (Lipinski definition) is 7. The van der Waals surface area contributed by atoms with Crippen molar-refractivity contribution < 1.29 is 19.0 Å². The second-order valence-corrected chi connectivity index (χ2v) is 7.79. The molecule has 0 saturated carbocycles. The number of morpholine rings is 1. The van der Waals surface area contributed by atoms with Gasteiger partial charge in [-0.05, 0) is 29.0 Å². The number of amides is 1. The minimum atomic E-state index is -0.209. The minimum Gasteiger partial charge on any atom is -0.497 e. The summed E-state index contributed by atoms with van der Waals surface area (Å²) in [5.41, 5.74) is 2.91. The Morgan fingerprint density at radius 3 is 2.76 bits per heavy atom. The molecule has 0 aliphatic carbocycles. The number of carbonyl (C=O) groups is 1. The molecule has 1 saturated heterocycles. The van der Waals surface area contributed by atoms with E-state index in [1.807, 2.05) is 29.6 Å². The summed E-state index contributed by atoms with van der Waals surface area (Å²) in [6.07, 6.45) is 0.647.